The van der Waals surface area contributed by atoms with Crippen molar-refractivity contribution in [2.24, 2.45) is 11.7 Å². The summed E-state index contributed by atoms with van der Waals surface area (Å²) in [7, 11) is 2.67. The maximum atomic E-state index is 16.4. The molecule has 0 unspecified atom stereocenters. The third-order valence-electron chi connectivity index (χ3n) is 18.4. The highest BCUT2D eigenvalue weighted by Crippen LogP contribution is 2.49. The second-order valence-corrected chi connectivity index (χ2v) is 29.1. The Hall–Kier alpha value is -12.2. The van der Waals surface area contributed by atoms with E-state index in [-0.39, 0.29) is 134 Å². The van der Waals surface area contributed by atoms with E-state index in [2.05, 4.69) is 43.8 Å². The maximum Gasteiger partial charge on any atom is 0.410 e. The number of nitrogens with zero attached hydrogens (tertiary/aromatic N) is 1. The predicted molar refractivity (Wildman–Crippen MR) is 413 cm³/mol. The van der Waals surface area contributed by atoms with Crippen LogP contribution in [0.15, 0.2) is 183 Å². The van der Waals surface area contributed by atoms with Crippen molar-refractivity contribution in [3.8, 4) is 57.1 Å². The first kappa shape index (κ1) is 80.8. The molecule has 0 saturated heterocycles. The molecule has 0 radical (unpaired) electrons. The Bertz CT molecular complexity index is 4880. The molecule has 27 nitrogen and oxygen atoms in total. The molecule has 584 valence electrons. The van der Waals surface area contributed by atoms with Gasteiger partial charge in [-0.15, -0.1) is 0 Å². The van der Waals surface area contributed by atoms with Gasteiger partial charge in [0.05, 0.1) is 16.5 Å². The van der Waals surface area contributed by atoms with E-state index < -0.39 is 120 Å². The van der Waals surface area contributed by atoms with Crippen LogP contribution in [0.2, 0.25) is 10.0 Å². The molecule has 0 fully saturated rings. The number of aliphatic hydroxyl groups excluding tert-OH is 2. The summed E-state index contributed by atoms with van der Waals surface area (Å²) in [4.78, 5) is 137. The molecular formula is C83H85Cl2N9O18. The second-order valence-electron chi connectivity index (χ2n) is 28.3. The molecule has 9 amide bonds. The standard InChI is InChI=1S/C83H85Cl2N9O18/c1-9-31-106-74-63-36-51-37-64(74)111-61-30-27-50(35-56(61)85)73(97)71-81(104)91-69(77(100)87-7)54-38-52(107-41-45-19-13-10-14-20-45)39-62(109-43-47-23-17-12-18-24-47)66(54)53-33-48(25-28-59(53)108-42-46-21-15-11-16-22-46)67(78(101)93-71)90-79(102)68(51)89-75(98)57(40-65(86)95)88-80(103)70(72(96)49-26-29-60(110-63)55(84)34-49)92-76(99)58(32-44(2)3)94(8)82(105)112-83(4,5)6/h9-30,33-39,44,57-58,67-73,96-97H,1,31-32,40-43H2,2-8H3,(H2,86,95)(H,87,100)(H,88,103)(H,89,98)(H,90,102)(H,91,104)(H,92,99)(H,93,101)/t57-,58+,67+,68+,69-,70+,71-,72+,73+/m0/s1. The predicted octanol–water partition coefficient (Wildman–Crippen LogP) is 10.2. The Balaban J connectivity index is 1.14. The number of benzene rings is 8. The number of carbonyl (C=O) groups excluding carboxylic acids is 9. The van der Waals surface area contributed by atoms with Gasteiger partial charge < -0.3 is 86.3 Å². The Morgan fingerprint density at radius 3 is 1.69 bits per heavy atom. The van der Waals surface area contributed by atoms with E-state index >= 15 is 24.0 Å². The summed E-state index contributed by atoms with van der Waals surface area (Å²) in [5.74, 6) is -10.2. The van der Waals surface area contributed by atoms with Gasteiger partial charge in [-0.3, -0.25) is 43.3 Å². The zero-order valence-corrected chi connectivity index (χ0v) is 63.7. The number of primary amides is 1. The Morgan fingerprint density at radius 2 is 1.14 bits per heavy atom. The van der Waals surface area contributed by atoms with Gasteiger partial charge in [0, 0.05) is 31.3 Å². The number of hydrogen-bond acceptors (Lipinski definition) is 18. The fourth-order valence-corrected chi connectivity index (χ4v) is 13.2. The van der Waals surface area contributed by atoms with Gasteiger partial charge in [0.15, 0.2) is 11.5 Å². The largest absolute Gasteiger partial charge is 0.489 e. The van der Waals surface area contributed by atoms with E-state index in [1.165, 1.54) is 86.9 Å². The summed E-state index contributed by atoms with van der Waals surface area (Å²) in [6, 6.07) is 31.8. The SMILES string of the molecule is C=CCOc1c2cc3cc1Oc1ccc(cc1Cl)[C@@H](O)[C@@H](NC(=O)[C@@H](CC(C)C)N(C)C(=O)OC(C)(C)C)C(=O)N[C@@H](CC(N)=O)C(=O)N[C@H]3C(=O)N[C@H]1C(=O)N[C@H](C(=O)N[C@H](C(=O)NC)c3cc(OCc4ccccc4)cc(OCc4ccccc4)c3-c3cc1ccc3OCc1ccccc1)[C@H](O)c1ccc(c(Cl)c1)O2. The van der Waals surface area contributed by atoms with Crippen LogP contribution in [-0.2, 0) is 62.9 Å². The highest BCUT2D eigenvalue weighted by Gasteiger charge is 2.43. The molecule has 11 bridgehead atoms. The van der Waals surface area contributed by atoms with Crippen molar-refractivity contribution >= 4 is 76.6 Å². The van der Waals surface area contributed by atoms with E-state index in [1.807, 2.05) is 91.0 Å². The number of likely N-dealkylation sites (N-methyl/N-ethyl adjacent to an activating group) is 2. The number of amides is 9. The molecule has 8 aromatic carbocycles. The molecule has 8 aromatic rings. The number of halogens is 2. The van der Waals surface area contributed by atoms with Crippen LogP contribution in [0.1, 0.15) is 122 Å². The minimum atomic E-state index is -2.15. The van der Waals surface area contributed by atoms with Crippen LogP contribution in [0.3, 0.4) is 0 Å². The van der Waals surface area contributed by atoms with Crippen LogP contribution in [0.5, 0.6) is 46.0 Å². The highest BCUT2D eigenvalue weighted by molar-refractivity contribution is 6.32. The molecule has 112 heavy (non-hydrogen) atoms. The van der Waals surface area contributed by atoms with Crippen molar-refractivity contribution in [1.29, 1.82) is 0 Å². The van der Waals surface area contributed by atoms with Crippen LogP contribution < -0.4 is 71.4 Å². The molecule has 0 aliphatic carbocycles. The topological polar surface area (TPSA) is 372 Å². The average molecular weight is 1570 g/mol. The number of ether oxygens (including phenoxy) is 7. The lowest BCUT2D eigenvalue weighted by molar-refractivity contribution is -0.138. The fourth-order valence-electron chi connectivity index (χ4n) is 12.8. The molecule has 9 atom stereocenters. The maximum absolute atomic E-state index is 16.4. The van der Waals surface area contributed by atoms with E-state index in [0.717, 1.165) is 16.0 Å². The smallest absolute Gasteiger partial charge is 0.410 e. The third kappa shape index (κ3) is 19.5. The van der Waals surface area contributed by atoms with Crippen molar-refractivity contribution in [2.75, 3.05) is 20.7 Å². The first-order valence-corrected chi connectivity index (χ1v) is 36.6. The zero-order chi connectivity index (χ0) is 80.2. The molecular weight excluding hydrogens is 1480 g/mol. The van der Waals surface area contributed by atoms with Gasteiger partial charge >= 0.3 is 6.09 Å². The van der Waals surface area contributed by atoms with E-state index in [4.69, 9.17) is 62.1 Å². The minimum Gasteiger partial charge on any atom is -0.489 e. The number of fused-ring (bicyclic) bond motifs is 15. The number of nitrogens with two attached hydrogens (primary N) is 1. The van der Waals surface area contributed by atoms with Crippen LogP contribution in [0, 0.1) is 5.92 Å². The number of hydrogen-bond donors (Lipinski definition) is 10. The molecule has 11 N–H and O–H groups in total. The van der Waals surface area contributed by atoms with Gasteiger partial charge in [0.2, 0.25) is 53.0 Å². The van der Waals surface area contributed by atoms with Gasteiger partial charge in [-0.05, 0) is 132 Å². The molecule has 0 aromatic heterocycles. The average Bonchev–Trinajstić information content (AvgIpc) is 0.754. The van der Waals surface area contributed by atoms with Crippen molar-refractivity contribution in [3.05, 3.63) is 237 Å². The summed E-state index contributed by atoms with van der Waals surface area (Å²) in [5.41, 5.74) is 6.80. The monoisotopic (exact) mass is 1570 g/mol. The summed E-state index contributed by atoms with van der Waals surface area (Å²) in [6.07, 6.45) is -4.62. The molecule has 5 heterocycles. The molecule has 0 spiro atoms. The van der Waals surface area contributed by atoms with Crippen LogP contribution >= 0.6 is 23.2 Å². The molecule has 5 aliphatic rings. The second kappa shape index (κ2) is 35.7. The fraction of sp³-hybridized carbons (Fsp3) is 0.289. The Morgan fingerprint density at radius 1 is 0.607 bits per heavy atom. The molecule has 13 rings (SSSR count). The Kier molecular flexibility index (Phi) is 25.7. The van der Waals surface area contributed by atoms with E-state index in [9.17, 15) is 29.4 Å². The van der Waals surface area contributed by atoms with E-state index in [1.54, 1.807) is 46.8 Å². The first-order valence-electron chi connectivity index (χ1n) is 35.9. The first-order chi connectivity index (χ1) is 53.5. The highest BCUT2D eigenvalue weighted by atomic mass is 35.5. The molecule has 29 heteroatoms. The summed E-state index contributed by atoms with van der Waals surface area (Å²) < 4.78 is 45.3. The number of aliphatic hydroxyl groups is 2. The number of nitrogens with one attached hydrogen (secondary N) is 7. The van der Waals surface area contributed by atoms with Gasteiger partial charge in [0.1, 0.15) is 115 Å². The van der Waals surface area contributed by atoms with E-state index in [0.29, 0.717) is 5.56 Å². The van der Waals surface area contributed by atoms with Crippen LogP contribution in [-0.4, -0.2) is 119 Å². The van der Waals surface area contributed by atoms with Crippen molar-refractivity contribution in [3.63, 3.8) is 0 Å². The lowest BCUT2D eigenvalue weighted by atomic mass is 9.89. The van der Waals surface area contributed by atoms with Gasteiger partial charge in [-0.1, -0.05) is 159 Å². The molecule has 5 aliphatic heterocycles. The van der Waals surface area contributed by atoms with Gasteiger partial charge in [0.25, 0.3) is 0 Å². The van der Waals surface area contributed by atoms with Gasteiger partial charge in [-0.2, -0.15) is 0 Å². The van der Waals surface area contributed by atoms with Crippen molar-refractivity contribution in [1.82, 2.24) is 42.1 Å². The molecule has 0 saturated carbocycles. The lowest BCUT2D eigenvalue weighted by Crippen LogP contribution is -2.59. The quantitative estimate of drug-likeness (QED) is 0.0317. The minimum absolute atomic E-state index is 0.00583. The van der Waals surface area contributed by atoms with Crippen LogP contribution in [0.4, 0.5) is 4.79 Å². The Labute approximate surface area is 655 Å². The normalized spacial score (nSPS) is 19.2. The summed E-state index contributed by atoms with van der Waals surface area (Å²) in [5, 5.41) is 43.4. The van der Waals surface area contributed by atoms with Crippen molar-refractivity contribution in [2.45, 2.75) is 127 Å². The summed E-state index contributed by atoms with van der Waals surface area (Å²) >= 11 is 14.2. The van der Waals surface area contributed by atoms with Crippen molar-refractivity contribution < 1.29 is 86.5 Å². The lowest BCUT2D eigenvalue weighted by Gasteiger charge is -2.33. The van der Waals surface area contributed by atoms with Gasteiger partial charge in [-0.25, -0.2) is 4.79 Å². The summed E-state index contributed by atoms with van der Waals surface area (Å²) in [6.45, 7) is 11.9. The zero-order valence-electron chi connectivity index (χ0n) is 62.2. The third-order valence-corrected chi connectivity index (χ3v) is 19.0. The van der Waals surface area contributed by atoms with Crippen LogP contribution in [0.25, 0.3) is 11.1 Å². The number of rotatable bonds is 20. The number of carbonyl (C=O) groups is 9.